The summed E-state index contributed by atoms with van der Waals surface area (Å²) in [6.07, 6.45) is 0.0614. The fraction of sp³-hybridized carbons (Fsp3) is 0.278. The topological polar surface area (TPSA) is 76.2 Å². The van der Waals surface area contributed by atoms with Crippen molar-refractivity contribution in [3.63, 3.8) is 0 Å². The zero-order chi connectivity index (χ0) is 17.9. The molecule has 0 atom stereocenters. The minimum atomic E-state index is -0.501. The zero-order valence-corrected chi connectivity index (χ0v) is 14.5. The van der Waals surface area contributed by atoms with E-state index >= 15 is 0 Å². The average molecular weight is 348 g/mol. The minimum Gasteiger partial charge on any atom is -0.457 e. The quantitative estimate of drug-likeness (QED) is 0.641. The number of ether oxygens (including phenoxy) is 1. The van der Waals surface area contributed by atoms with E-state index in [0.29, 0.717) is 27.5 Å². The van der Waals surface area contributed by atoms with Crippen molar-refractivity contribution in [1.82, 2.24) is 4.98 Å². The zero-order valence-electron chi connectivity index (χ0n) is 13.7. The van der Waals surface area contributed by atoms with Gasteiger partial charge in [0.1, 0.15) is 0 Å². The number of nitrogens with one attached hydrogen (secondary N) is 1. The molecule has 0 fully saturated rings. The lowest BCUT2D eigenvalue weighted by molar-refractivity contribution is -0.141. The van der Waals surface area contributed by atoms with E-state index in [2.05, 4.69) is 4.98 Å². The number of benzene rings is 1. The van der Waals surface area contributed by atoms with Crippen molar-refractivity contribution in [3.05, 3.63) is 57.4 Å². The Kier molecular flexibility index (Phi) is 5.57. The third kappa shape index (κ3) is 4.11. The van der Waals surface area contributed by atoms with E-state index in [1.807, 2.05) is 0 Å². The molecule has 1 N–H and O–H groups in total. The van der Waals surface area contributed by atoms with E-state index in [9.17, 15) is 14.4 Å². The standard InChI is InChI=1S/C18H18ClNO4/c1-10-17(12(3)21)11(2)20-18(10)15(22)9-24-16(23)8-13-4-6-14(19)7-5-13/h4-7,20H,8-9H2,1-3H3. The van der Waals surface area contributed by atoms with Crippen molar-refractivity contribution < 1.29 is 19.1 Å². The highest BCUT2D eigenvalue weighted by molar-refractivity contribution is 6.30. The smallest absolute Gasteiger partial charge is 0.310 e. The average Bonchev–Trinajstić information content (AvgIpc) is 2.82. The summed E-state index contributed by atoms with van der Waals surface area (Å²) < 4.78 is 5.03. The first-order chi connectivity index (χ1) is 11.3. The van der Waals surface area contributed by atoms with Crippen LogP contribution in [0.15, 0.2) is 24.3 Å². The highest BCUT2D eigenvalue weighted by Gasteiger charge is 2.20. The summed E-state index contributed by atoms with van der Waals surface area (Å²) in [7, 11) is 0. The molecule has 5 nitrogen and oxygen atoms in total. The predicted octanol–water partition coefficient (Wildman–Crippen LogP) is 3.46. The lowest BCUT2D eigenvalue weighted by Crippen LogP contribution is -2.16. The van der Waals surface area contributed by atoms with Gasteiger partial charge in [-0.1, -0.05) is 23.7 Å². The number of aromatic nitrogens is 1. The van der Waals surface area contributed by atoms with Crippen molar-refractivity contribution >= 4 is 29.1 Å². The first-order valence-corrected chi connectivity index (χ1v) is 7.80. The molecule has 0 amide bonds. The molecule has 0 aliphatic rings. The van der Waals surface area contributed by atoms with Gasteiger partial charge in [0.25, 0.3) is 0 Å². The molecule has 0 unspecified atom stereocenters. The summed E-state index contributed by atoms with van der Waals surface area (Å²) >= 11 is 5.78. The molecule has 0 radical (unpaired) electrons. The van der Waals surface area contributed by atoms with E-state index in [4.69, 9.17) is 16.3 Å². The Morgan fingerprint density at radius 3 is 2.29 bits per heavy atom. The molecule has 24 heavy (non-hydrogen) atoms. The normalized spacial score (nSPS) is 10.5. The fourth-order valence-electron chi connectivity index (χ4n) is 2.60. The second-order valence-corrected chi connectivity index (χ2v) is 6.00. The number of H-pyrrole nitrogens is 1. The predicted molar refractivity (Wildman–Crippen MR) is 90.7 cm³/mol. The Hall–Kier alpha value is -2.40. The van der Waals surface area contributed by atoms with Gasteiger partial charge in [-0.15, -0.1) is 0 Å². The highest BCUT2D eigenvalue weighted by Crippen LogP contribution is 2.19. The molecule has 0 saturated carbocycles. The third-order valence-electron chi connectivity index (χ3n) is 3.69. The van der Waals surface area contributed by atoms with Crippen LogP contribution in [-0.4, -0.2) is 29.1 Å². The van der Waals surface area contributed by atoms with Crippen molar-refractivity contribution in [1.29, 1.82) is 0 Å². The van der Waals surface area contributed by atoms with Gasteiger partial charge < -0.3 is 9.72 Å². The molecule has 6 heteroatoms. The van der Waals surface area contributed by atoms with Gasteiger partial charge in [0.2, 0.25) is 5.78 Å². The monoisotopic (exact) mass is 347 g/mol. The number of rotatable bonds is 6. The molecule has 2 aromatic rings. The summed E-state index contributed by atoms with van der Waals surface area (Å²) in [4.78, 5) is 38.5. The van der Waals surface area contributed by atoms with Crippen LogP contribution >= 0.6 is 11.6 Å². The Bertz CT molecular complexity index is 790. The number of carbonyl (C=O) groups is 3. The maximum atomic E-state index is 12.2. The van der Waals surface area contributed by atoms with Crippen LogP contribution in [0.3, 0.4) is 0 Å². The van der Waals surface area contributed by atoms with E-state index in [0.717, 1.165) is 5.56 Å². The molecule has 0 aliphatic carbocycles. The van der Waals surface area contributed by atoms with E-state index in [1.165, 1.54) is 6.92 Å². The Labute approximate surface area is 145 Å². The highest BCUT2D eigenvalue weighted by atomic mass is 35.5. The molecule has 0 saturated heterocycles. The number of aromatic amines is 1. The van der Waals surface area contributed by atoms with Crippen molar-refractivity contribution in [2.45, 2.75) is 27.2 Å². The van der Waals surface area contributed by atoms with Crippen molar-refractivity contribution in [2.75, 3.05) is 6.61 Å². The number of hydrogen-bond donors (Lipinski definition) is 1. The Balaban J connectivity index is 1.98. The minimum absolute atomic E-state index is 0.0614. The van der Waals surface area contributed by atoms with Gasteiger partial charge in [-0.25, -0.2) is 0 Å². The Morgan fingerprint density at radius 2 is 1.75 bits per heavy atom. The maximum Gasteiger partial charge on any atom is 0.310 e. The number of carbonyl (C=O) groups excluding carboxylic acids is 3. The molecule has 0 aliphatic heterocycles. The maximum absolute atomic E-state index is 12.2. The lowest BCUT2D eigenvalue weighted by atomic mass is 10.1. The third-order valence-corrected chi connectivity index (χ3v) is 3.95. The van der Waals surface area contributed by atoms with E-state index < -0.39 is 5.97 Å². The van der Waals surface area contributed by atoms with Gasteiger partial charge >= 0.3 is 5.97 Å². The van der Waals surface area contributed by atoms with Crippen LogP contribution in [0.1, 0.15) is 44.6 Å². The first-order valence-electron chi connectivity index (χ1n) is 7.43. The fourth-order valence-corrected chi connectivity index (χ4v) is 2.72. The number of Topliss-reactive ketones (excluding diaryl/α,β-unsaturated/α-hetero) is 2. The van der Waals surface area contributed by atoms with Gasteiger partial charge in [-0.3, -0.25) is 14.4 Å². The summed E-state index contributed by atoms with van der Waals surface area (Å²) in [5, 5.41) is 0.584. The molecule has 0 bridgehead atoms. The summed E-state index contributed by atoms with van der Waals surface area (Å²) in [6, 6.07) is 6.82. The van der Waals surface area contributed by atoms with Crippen LogP contribution in [0.4, 0.5) is 0 Å². The largest absolute Gasteiger partial charge is 0.457 e. The van der Waals surface area contributed by atoms with Gasteiger partial charge in [0, 0.05) is 16.3 Å². The number of halogens is 1. The van der Waals surface area contributed by atoms with Gasteiger partial charge in [0.05, 0.1) is 12.1 Å². The number of ketones is 2. The second kappa shape index (κ2) is 7.45. The first kappa shape index (κ1) is 17.9. The van der Waals surface area contributed by atoms with Gasteiger partial charge in [-0.05, 0) is 44.0 Å². The Morgan fingerprint density at radius 1 is 1.12 bits per heavy atom. The van der Waals surface area contributed by atoms with Crippen LogP contribution in [0, 0.1) is 13.8 Å². The van der Waals surface area contributed by atoms with Crippen LogP contribution in [0.5, 0.6) is 0 Å². The van der Waals surface area contributed by atoms with Crippen LogP contribution < -0.4 is 0 Å². The van der Waals surface area contributed by atoms with Crippen LogP contribution in [-0.2, 0) is 16.0 Å². The van der Waals surface area contributed by atoms with Gasteiger partial charge in [0.15, 0.2) is 12.4 Å². The van der Waals surface area contributed by atoms with Crippen LogP contribution in [0.2, 0.25) is 5.02 Å². The summed E-state index contributed by atoms with van der Waals surface area (Å²) in [5.74, 6) is -0.981. The number of aryl methyl sites for hydroxylation is 1. The van der Waals surface area contributed by atoms with Crippen molar-refractivity contribution in [2.24, 2.45) is 0 Å². The molecule has 2 rings (SSSR count). The molecular weight excluding hydrogens is 330 g/mol. The molecule has 126 valence electrons. The number of hydrogen-bond acceptors (Lipinski definition) is 4. The molecular formula is C18H18ClNO4. The van der Waals surface area contributed by atoms with Crippen LogP contribution in [0.25, 0.3) is 0 Å². The lowest BCUT2D eigenvalue weighted by Gasteiger charge is -2.05. The van der Waals surface area contributed by atoms with E-state index in [1.54, 1.807) is 38.1 Å². The van der Waals surface area contributed by atoms with Gasteiger partial charge in [-0.2, -0.15) is 0 Å². The molecule has 1 heterocycles. The molecule has 0 spiro atoms. The van der Waals surface area contributed by atoms with E-state index in [-0.39, 0.29) is 24.6 Å². The summed E-state index contributed by atoms with van der Waals surface area (Å²) in [5.41, 5.74) is 2.78. The second-order valence-electron chi connectivity index (χ2n) is 5.57. The molecule has 1 aromatic carbocycles. The SMILES string of the molecule is CC(=O)c1c(C)[nH]c(C(=O)COC(=O)Cc2ccc(Cl)cc2)c1C. The molecule has 1 aromatic heterocycles. The number of esters is 1. The summed E-state index contributed by atoms with van der Waals surface area (Å²) in [6.45, 7) is 4.50. The van der Waals surface area contributed by atoms with Crippen molar-refractivity contribution in [3.8, 4) is 0 Å².